The highest BCUT2D eigenvalue weighted by Gasteiger charge is 2.44. The molecule has 0 spiro atoms. The smallest absolute Gasteiger partial charge is 0.262 e. The minimum atomic E-state index is -2.77. The van der Waals surface area contributed by atoms with Gasteiger partial charge in [0.15, 0.2) is 0 Å². The molecule has 0 bridgehead atoms. The van der Waals surface area contributed by atoms with Crippen LogP contribution in [0.15, 0.2) is 24.3 Å². The molecule has 0 radical (unpaired) electrons. The van der Waals surface area contributed by atoms with Gasteiger partial charge in [-0.05, 0) is 25.0 Å². The Hall–Kier alpha value is -2.02. The van der Waals surface area contributed by atoms with Gasteiger partial charge in [-0.3, -0.25) is 10.1 Å². The molecule has 1 amide bonds. The van der Waals surface area contributed by atoms with E-state index in [9.17, 15) is 13.6 Å². The predicted octanol–water partition coefficient (Wildman–Crippen LogP) is 2.76. The number of hydrogen-bond donors (Lipinski definition) is 1. The summed E-state index contributed by atoms with van der Waals surface area (Å²) in [7, 11) is 0. The fourth-order valence-electron chi connectivity index (χ4n) is 4.21. The Morgan fingerprint density at radius 1 is 1.31 bits per heavy atom. The average molecular weight is 362 g/mol. The summed E-state index contributed by atoms with van der Waals surface area (Å²) >= 11 is 0. The second kappa shape index (κ2) is 6.61. The normalized spacial score (nSPS) is 23.7. The molecule has 1 unspecified atom stereocenters. The lowest BCUT2D eigenvalue weighted by atomic mass is 10.0. The standard InChI is InChI=1S/C19H24F2N4O/c1-2-17-23-14-5-3-4-6-16(14)25(17)13-7-9-24(10-8-13)18(26)15-11-19(20,21)12-22-15/h3-6,13,15,22H,2,7-12H2,1H3. The van der Waals surface area contributed by atoms with Crippen LogP contribution in [0.3, 0.4) is 0 Å². The highest BCUT2D eigenvalue weighted by atomic mass is 19.3. The molecule has 0 saturated carbocycles. The van der Waals surface area contributed by atoms with Crippen molar-refractivity contribution >= 4 is 16.9 Å². The highest BCUT2D eigenvalue weighted by molar-refractivity contribution is 5.82. The SMILES string of the molecule is CCc1nc2ccccc2n1C1CCN(C(=O)C2CC(F)(F)CN2)CC1. The van der Waals surface area contributed by atoms with Crippen LogP contribution in [0, 0.1) is 0 Å². The van der Waals surface area contributed by atoms with E-state index in [1.807, 2.05) is 18.2 Å². The average Bonchev–Trinajstić information content (AvgIpc) is 3.21. The number of carbonyl (C=O) groups is 1. The number of rotatable bonds is 3. The van der Waals surface area contributed by atoms with Crippen LogP contribution in [0.1, 0.15) is 38.1 Å². The Kier molecular flexibility index (Phi) is 4.42. The van der Waals surface area contributed by atoms with Gasteiger partial charge in [0, 0.05) is 32.0 Å². The van der Waals surface area contributed by atoms with Crippen molar-refractivity contribution in [2.24, 2.45) is 0 Å². The zero-order valence-electron chi connectivity index (χ0n) is 14.9. The Morgan fingerprint density at radius 3 is 2.69 bits per heavy atom. The van der Waals surface area contributed by atoms with Crippen molar-refractivity contribution in [2.75, 3.05) is 19.6 Å². The molecule has 140 valence electrons. The monoisotopic (exact) mass is 362 g/mol. The fourth-order valence-corrected chi connectivity index (χ4v) is 4.21. The molecule has 1 N–H and O–H groups in total. The molecule has 0 aliphatic carbocycles. The summed E-state index contributed by atoms with van der Waals surface area (Å²) in [5, 5.41) is 2.67. The number of nitrogens with one attached hydrogen (secondary N) is 1. The van der Waals surface area contributed by atoms with E-state index in [1.165, 1.54) is 0 Å². The summed E-state index contributed by atoms with van der Waals surface area (Å²) in [6.07, 6.45) is 2.11. The van der Waals surface area contributed by atoms with Crippen molar-refractivity contribution in [3.8, 4) is 0 Å². The number of imidazole rings is 1. The van der Waals surface area contributed by atoms with E-state index in [0.29, 0.717) is 19.1 Å². The van der Waals surface area contributed by atoms with Crippen molar-refractivity contribution < 1.29 is 13.6 Å². The van der Waals surface area contributed by atoms with Crippen molar-refractivity contribution in [2.45, 2.75) is 50.6 Å². The Bertz CT molecular complexity index is 811. The van der Waals surface area contributed by atoms with Crippen LogP contribution in [-0.2, 0) is 11.2 Å². The number of alkyl halides is 2. The Morgan fingerprint density at radius 2 is 2.04 bits per heavy atom. The molecule has 2 saturated heterocycles. The van der Waals surface area contributed by atoms with E-state index in [4.69, 9.17) is 4.98 Å². The van der Waals surface area contributed by atoms with Gasteiger partial charge in [0.05, 0.1) is 23.6 Å². The van der Waals surface area contributed by atoms with E-state index < -0.39 is 24.9 Å². The van der Waals surface area contributed by atoms with Gasteiger partial charge in [0.25, 0.3) is 5.92 Å². The second-order valence-corrected chi connectivity index (χ2v) is 7.29. The summed E-state index contributed by atoms with van der Waals surface area (Å²) < 4.78 is 29.0. The summed E-state index contributed by atoms with van der Waals surface area (Å²) in [4.78, 5) is 19.0. The van der Waals surface area contributed by atoms with Crippen LogP contribution in [0.25, 0.3) is 11.0 Å². The van der Waals surface area contributed by atoms with Gasteiger partial charge in [-0.25, -0.2) is 13.8 Å². The van der Waals surface area contributed by atoms with Crippen LogP contribution in [-0.4, -0.2) is 52.0 Å². The maximum absolute atomic E-state index is 13.4. The van der Waals surface area contributed by atoms with Gasteiger partial charge in [0.2, 0.25) is 5.91 Å². The number of hydrogen-bond acceptors (Lipinski definition) is 3. The number of piperidine rings is 1. The maximum atomic E-state index is 13.4. The highest BCUT2D eigenvalue weighted by Crippen LogP contribution is 2.31. The molecule has 1 atom stereocenters. The number of halogens is 2. The molecule has 2 aromatic rings. The van der Waals surface area contributed by atoms with Crippen LogP contribution < -0.4 is 5.32 Å². The first-order chi connectivity index (χ1) is 12.5. The number of amides is 1. The third kappa shape index (κ3) is 3.09. The van der Waals surface area contributed by atoms with Gasteiger partial charge >= 0.3 is 0 Å². The van der Waals surface area contributed by atoms with Gasteiger partial charge in [-0.1, -0.05) is 19.1 Å². The van der Waals surface area contributed by atoms with E-state index in [2.05, 4.69) is 22.9 Å². The number of benzene rings is 1. The molecular formula is C19H24F2N4O. The number of aromatic nitrogens is 2. The van der Waals surface area contributed by atoms with Crippen LogP contribution in [0.5, 0.6) is 0 Å². The van der Waals surface area contributed by atoms with Crippen molar-refractivity contribution in [3.05, 3.63) is 30.1 Å². The Balaban J connectivity index is 1.47. The fraction of sp³-hybridized carbons (Fsp3) is 0.579. The van der Waals surface area contributed by atoms with Gasteiger partial charge in [-0.2, -0.15) is 0 Å². The number of aryl methyl sites for hydroxylation is 1. The molecule has 3 heterocycles. The first-order valence-corrected chi connectivity index (χ1v) is 9.34. The minimum Gasteiger partial charge on any atom is -0.341 e. The van der Waals surface area contributed by atoms with Crippen molar-refractivity contribution in [1.82, 2.24) is 19.8 Å². The molecule has 1 aromatic heterocycles. The summed E-state index contributed by atoms with van der Waals surface area (Å²) in [5.41, 5.74) is 2.13. The van der Waals surface area contributed by atoms with E-state index in [-0.39, 0.29) is 5.91 Å². The molecule has 2 aliphatic heterocycles. The van der Waals surface area contributed by atoms with Crippen molar-refractivity contribution in [3.63, 3.8) is 0 Å². The molecule has 1 aromatic carbocycles. The topological polar surface area (TPSA) is 50.2 Å². The maximum Gasteiger partial charge on any atom is 0.262 e. The quantitative estimate of drug-likeness (QED) is 0.913. The predicted molar refractivity (Wildman–Crippen MR) is 95.3 cm³/mol. The van der Waals surface area contributed by atoms with E-state index >= 15 is 0 Å². The lowest BCUT2D eigenvalue weighted by molar-refractivity contribution is -0.135. The van der Waals surface area contributed by atoms with Gasteiger partial charge < -0.3 is 9.47 Å². The lowest BCUT2D eigenvalue weighted by Crippen LogP contribution is -2.47. The second-order valence-electron chi connectivity index (χ2n) is 7.29. The molecule has 2 aliphatic rings. The number of likely N-dealkylation sites (tertiary alicyclic amines) is 1. The number of para-hydroxylation sites is 2. The number of carbonyl (C=O) groups excluding carboxylic acids is 1. The lowest BCUT2D eigenvalue weighted by Gasteiger charge is -2.35. The van der Waals surface area contributed by atoms with Crippen LogP contribution in [0.2, 0.25) is 0 Å². The summed E-state index contributed by atoms with van der Waals surface area (Å²) in [6, 6.07) is 7.66. The Labute approximate surface area is 151 Å². The van der Waals surface area contributed by atoms with Crippen LogP contribution >= 0.6 is 0 Å². The third-order valence-electron chi connectivity index (χ3n) is 5.53. The van der Waals surface area contributed by atoms with Crippen molar-refractivity contribution in [1.29, 1.82) is 0 Å². The largest absolute Gasteiger partial charge is 0.341 e. The van der Waals surface area contributed by atoms with Gasteiger partial charge in [-0.15, -0.1) is 0 Å². The first-order valence-electron chi connectivity index (χ1n) is 9.34. The van der Waals surface area contributed by atoms with E-state index in [1.54, 1.807) is 4.90 Å². The van der Waals surface area contributed by atoms with Gasteiger partial charge in [0.1, 0.15) is 5.82 Å². The van der Waals surface area contributed by atoms with Crippen LogP contribution in [0.4, 0.5) is 8.78 Å². The van der Waals surface area contributed by atoms with E-state index in [0.717, 1.165) is 36.1 Å². The zero-order valence-corrected chi connectivity index (χ0v) is 14.9. The zero-order chi connectivity index (χ0) is 18.3. The molecule has 5 nitrogen and oxygen atoms in total. The molecule has 26 heavy (non-hydrogen) atoms. The summed E-state index contributed by atoms with van der Waals surface area (Å²) in [5.74, 6) is -1.90. The molecule has 7 heteroatoms. The molecule has 4 rings (SSSR count). The first kappa shape index (κ1) is 17.4. The minimum absolute atomic E-state index is 0.188. The number of fused-ring (bicyclic) bond motifs is 1. The number of nitrogens with zero attached hydrogens (tertiary/aromatic N) is 3. The third-order valence-corrected chi connectivity index (χ3v) is 5.53. The molecular weight excluding hydrogens is 338 g/mol. The molecule has 2 fully saturated rings. The summed E-state index contributed by atoms with van der Waals surface area (Å²) in [6.45, 7) is 2.90.